The van der Waals surface area contributed by atoms with Gasteiger partial charge in [0.2, 0.25) is 0 Å². The number of nitro groups is 1. The van der Waals surface area contributed by atoms with Crippen LogP contribution in [0.1, 0.15) is 24.8 Å². The van der Waals surface area contributed by atoms with E-state index in [-0.39, 0.29) is 11.3 Å². The maximum Gasteiger partial charge on any atom is 0.270 e. The number of non-ortho nitro benzene ring substituents is 1. The van der Waals surface area contributed by atoms with Gasteiger partial charge >= 0.3 is 0 Å². The van der Waals surface area contributed by atoms with E-state index in [1.165, 1.54) is 43.1 Å². The largest absolute Gasteiger partial charge is 0.372 e. The van der Waals surface area contributed by atoms with Gasteiger partial charge in [-0.25, -0.2) is 0 Å². The van der Waals surface area contributed by atoms with Gasteiger partial charge in [-0.3, -0.25) is 10.1 Å². The van der Waals surface area contributed by atoms with Crippen LogP contribution in [0.15, 0.2) is 52.7 Å². The predicted octanol–water partition coefficient (Wildman–Crippen LogP) is 4.87. The highest BCUT2D eigenvalue weighted by atomic mass is 16.6. The first-order chi connectivity index (χ1) is 12.2. The molecule has 0 unspecified atom stereocenters. The molecule has 1 heterocycles. The quantitative estimate of drug-likeness (QED) is 0.452. The third kappa shape index (κ3) is 3.98. The zero-order chi connectivity index (χ0) is 17.6. The number of azo groups is 1. The normalized spacial score (nSPS) is 14.4. The first-order valence-electron chi connectivity index (χ1n) is 8.13. The molecule has 1 saturated heterocycles. The Labute approximate surface area is 145 Å². The lowest BCUT2D eigenvalue weighted by Gasteiger charge is -2.28. The Morgan fingerprint density at radius 1 is 1.04 bits per heavy atom. The first kappa shape index (κ1) is 16.6. The Balaban J connectivity index is 1.75. The minimum atomic E-state index is -0.541. The molecule has 1 aliphatic heterocycles. The van der Waals surface area contributed by atoms with Crippen LogP contribution in [0.2, 0.25) is 0 Å². The number of nitriles is 1. The fourth-order valence-electron chi connectivity index (χ4n) is 2.81. The molecule has 0 aliphatic carbocycles. The molecular weight excluding hydrogens is 318 g/mol. The number of benzene rings is 2. The highest BCUT2D eigenvalue weighted by Gasteiger charge is 2.11. The zero-order valence-electron chi connectivity index (χ0n) is 13.6. The predicted molar refractivity (Wildman–Crippen MR) is 94.5 cm³/mol. The standard InChI is InChI=1S/C18H17N5O2/c19-13-14-12-17(23(24)25)8-9-18(14)21-20-15-4-6-16(7-5-15)22-10-2-1-3-11-22/h4-9,12H,1-3,10-11H2. The molecule has 0 aromatic heterocycles. The van der Waals surface area contributed by atoms with Gasteiger partial charge < -0.3 is 4.90 Å². The van der Waals surface area contributed by atoms with Crippen molar-refractivity contribution in [1.29, 1.82) is 5.26 Å². The molecule has 3 rings (SSSR count). The number of anilines is 1. The second-order valence-electron chi connectivity index (χ2n) is 5.83. The summed E-state index contributed by atoms with van der Waals surface area (Å²) in [5.74, 6) is 0. The Morgan fingerprint density at radius 2 is 1.76 bits per heavy atom. The third-order valence-corrected chi connectivity index (χ3v) is 4.16. The van der Waals surface area contributed by atoms with E-state index < -0.39 is 4.92 Å². The van der Waals surface area contributed by atoms with Gasteiger partial charge in [-0.15, -0.1) is 5.11 Å². The summed E-state index contributed by atoms with van der Waals surface area (Å²) in [6, 6.07) is 13.7. The van der Waals surface area contributed by atoms with E-state index in [2.05, 4.69) is 15.1 Å². The van der Waals surface area contributed by atoms with Gasteiger partial charge in [0.1, 0.15) is 11.8 Å². The van der Waals surface area contributed by atoms with Crippen molar-refractivity contribution < 1.29 is 4.92 Å². The van der Waals surface area contributed by atoms with Gasteiger partial charge in [0.15, 0.2) is 0 Å². The molecule has 0 radical (unpaired) electrons. The average molecular weight is 335 g/mol. The molecule has 2 aromatic carbocycles. The van der Waals surface area contributed by atoms with E-state index in [0.29, 0.717) is 11.4 Å². The number of hydrogen-bond acceptors (Lipinski definition) is 6. The van der Waals surface area contributed by atoms with Crippen LogP contribution < -0.4 is 4.90 Å². The van der Waals surface area contributed by atoms with Crippen molar-refractivity contribution >= 4 is 22.7 Å². The summed E-state index contributed by atoms with van der Waals surface area (Å²) < 4.78 is 0. The summed E-state index contributed by atoms with van der Waals surface area (Å²) in [6.45, 7) is 2.16. The van der Waals surface area contributed by atoms with Crippen LogP contribution in [-0.2, 0) is 0 Å². The summed E-state index contributed by atoms with van der Waals surface area (Å²) in [5, 5.41) is 28.1. The monoisotopic (exact) mass is 335 g/mol. The molecule has 0 saturated carbocycles. The van der Waals surface area contributed by atoms with E-state index in [0.717, 1.165) is 13.1 Å². The summed E-state index contributed by atoms with van der Waals surface area (Å²) in [6.07, 6.45) is 3.73. The van der Waals surface area contributed by atoms with Gasteiger partial charge in [-0.05, 0) is 49.6 Å². The van der Waals surface area contributed by atoms with Gasteiger partial charge in [0.25, 0.3) is 5.69 Å². The number of hydrogen-bond donors (Lipinski definition) is 0. The lowest BCUT2D eigenvalue weighted by atomic mass is 10.1. The molecule has 0 N–H and O–H groups in total. The van der Waals surface area contributed by atoms with Crippen molar-refractivity contribution in [2.75, 3.05) is 18.0 Å². The molecule has 126 valence electrons. The SMILES string of the molecule is N#Cc1cc([N+](=O)[O-])ccc1N=Nc1ccc(N2CCCCC2)cc1. The molecule has 7 heteroatoms. The van der Waals surface area contributed by atoms with Crippen molar-refractivity contribution in [3.8, 4) is 6.07 Å². The van der Waals surface area contributed by atoms with Crippen LogP contribution in [-0.4, -0.2) is 18.0 Å². The number of piperidine rings is 1. The van der Waals surface area contributed by atoms with E-state index >= 15 is 0 Å². The van der Waals surface area contributed by atoms with Crippen LogP contribution >= 0.6 is 0 Å². The number of nitro benzene ring substituents is 1. The fraction of sp³-hybridized carbons (Fsp3) is 0.278. The molecule has 0 spiro atoms. The highest BCUT2D eigenvalue weighted by Crippen LogP contribution is 2.27. The minimum Gasteiger partial charge on any atom is -0.372 e. The third-order valence-electron chi connectivity index (χ3n) is 4.16. The van der Waals surface area contributed by atoms with Crippen LogP contribution in [0.3, 0.4) is 0 Å². The molecule has 0 atom stereocenters. The van der Waals surface area contributed by atoms with E-state index in [1.54, 1.807) is 0 Å². The lowest BCUT2D eigenvalue weighted by Crippen LogP contribution is -2.29. The lowest BCUT2D eigenvalue weighted by molar-refractivity contribution is -0.384. The van der Waals surface area contributed by atoms with Gasteiger partial charge in [-0.2, -0.15) is 10.4 Å². The van der Waals surface area contributed by atoms with Crippen molar-refractivity contribution in [2.45, 2.75) is 19.3 Å². The Morgan fingerprint density at radius 3 is 2.40 bits per heavy atom. The van der Waals surface area contributed by atoms with Crippen LogP contribution in [0.25, 0.3) is 0 Å². The maximum absolute atomic E-state index is 10.8. The molecule has 2 aromatic rings. The van der Waals surface area contributed by atoms with E-state index in [4.69, 9.17) is 5.26 Å². The topological polar surface area (TPSA) is 94.9 Å². The van der Waals surface area contributed by atoms with Crippen molar-refractivity contribution in [3.63, 3.8) is 0 Å². The van der Waals surface area contributed by atoms with E-state index in [9.17, 15) is 10.1 Å². The second kappa shape index (κ2) is 7.53. The van der Waals surface area contributed by atoms with Crippen LogP contribution in [0.5, 0.6) is 0 Å². The van der Waals surface area contributed by atoms with Crippen molar-refractivity contribution in [1.82, 2.24) is 0 Å². The van der Waals surface area contributed by atoms with Crippen molar-refractivity contribution in [3.05, 3.63) is 58.1 Å². The molecule has 0 bridgehead atoms. The smallest absolute Gasteiger partial charge is 0.270 e. The van der Waals surface area contributed by atoms with Crippen LogP contribution in [0, 0.1) is 21.4 Å². The second-order valence-corrected chi connectivity index (χ2v) is 5.83. The Bertz CT molecular complexity index is 834. The molecule has 0 amide bonds. The average Bonchev–Trinajstić information content (AvgIpc) is 2.67. The summed E-state index contributed by atoms with van der Waals surface area (Å²) >= 11 is 0. The molecule has 1 fully saturated rings. The molecule has 7 nitrogen and oxygen atoms in total. The van der Waals surface area contributed by atoms with E-state index in [1.807, 2.05) is 30.3 Å². The Kier molecular flexibility index (Phi) is 5.00. The highest BCUT2D eigenvalue weighted by molar-refractivity contribution is 5.58. The molecule has 25 heavy (non-hydrogen) atoms. The minimum absolute atomic E-state index is 0.128. The van der Waals surface area contributed by atoms with Gasteiger partial charge in [-0.1, -0.05) is 0 Å². The summed E-state index contributed by atoms with van der Waals surface area (Å²) in [4.78, 5) is 12.6. The fourth-order valence-corrected chi connectivity index (χ4v) is 2.81. The number of rotatable bonds is 4. The molecular formula is C18H17N5O2. The molecule has 1 aliphatic rings. The van der Waals surface area contributed by atoms with Crippen LogP contribution in [0.4, 0.5) is 22.7 Å². The first-order valence-corrected chi connectivity index (χ1v) is 8.13. The van der Waals surface area contributed by atoms with Gasteiger partial charge in [0, 0.05) is 30.9 Å². The maximum atomic E-state index is 10.8. The van der Waals surface area contributed by atoms with Gasteiger partial charge in [0.05, 0.1) is 16.2 Å². The zero-order valence-corrected chi connectivity index (χ0v) is 13.6. The summed E-state index contributed by atoms with van der Waals surface area (Å²) in [5.41, 5.74) is 2.15. The number of nitrogens with zero attached hydrogens (tertiary/aromatic N) is 5. The summed E-state index contributed by atoms with van der Waals surface area (Å²) in [7, 11) is 0. The van der Waals surface area contributed by atoms with Crippen molar-refractivity contribution in [2.24, 2.45) is 10.2 Å². The Hall–Kier alpha value is -3.27.